The van der Waals surface area contributed by atoms with Crippen LogP contribution in [0.3, 0.4) is 0 Å². The smallest absolute Gasteiger partial charge is 0.246 e. The second kappa shape index (κ2) is 8.48. The van der Waals surface area contributed by atoms with E-state index >= 15 is 0 Å². The van der Waals surface area contributed by atoms with Crippen LogP contribution in [0.25, 0.3) is 6.08 Å². The summed E-state index contributed by atoms with van der Waals surface area (Å²) in [7, 11) is 3.46. The first-order valence-electron chi connectivity index (χ1n) is 13.9. The molecule has 5 atom stereocenters. The number of rotatable bonds is 6. The Bertz CT molecular complexity index is 1320. The summed E-state index contributed by atoms with van der Waals surface area (Å²) in [4.78, 5) is 17.7. The van der Waals surface area contributed by atoms with Crippen LogP contribution in [-0.4, -0.2) is 77.0 Å². The maximum absolute atomic E-state index is 13.4. The van der Waals surface area contributed by atoms with Gasteiger partial charge in [-0.15, -0.1) is 0 Å². The number of aromatic hydroxyl groups is 1. The van der Waals surface area contributed by atoms with Crippen molar-refractivity contribution in [1.82, 2.24) is 9.80 Å². The van der Waals surface area contributed by atoms with Gasteiger partial charge in [0, 0.05) is 31.3 Å². The number of ether oxygens (including phenoxy) is 2. The van der Waals surface area contributed by atoms with Gasteiger partial charge in [0.1, 0.15) is 11.9 Å². The lowest BCUT2D eigenvalue weighted by molar-refractivity contribution is -0.200. The van der Waals surface area contributed by atoms with Crippen molar-refractivity contribution in [1.29, 1.82) is 0 Å². The zero-order valence-corrected chi connectivity index (χ0v) is 22.1. The maximum Gasteiger partial charge on any atom is 0.246 e. The third-order valence-corrected chi connectivity index (χ3v) is 10.1. The van der Waals surface area contributed by atoms with E-state index in [1.54, 1.807) is 30.2 Å². The molecule has 2 heterocycles. The van der Waals surface area contributed by atoms with Gasteiger partial charge in [-0.05, 0) is 86.4 Å². The summed E-state index contributed by atoms with van der Waals surface area (Å²) in [6.45, 7) is 1.95. The van der Waals surface area contributed by atoms with Gasteiger partial charge in [0.2, 0.25) is 5.91 Å². The van der Waals surface area contributed by atoms with Gasteiger partial charge in [0.05, 0.1) is 24.2 Å². The predicted octanol–water partition coefficient (Wildman–Crippen LogP) is 3.51. The number of hydrogen-bond donors (Lipinski definition) is 2. The molecule has 2 bridgehead atoms. The number of likely N-dealkylation sites (N-methyl/N-ethyl adjacent to an activating group) is 1. The normalized spacial score (nSPS) is 33.1. The molecule has 3 fully saturated rings. The number of aliphatic hydroxyl groups is 1. The number of likely N-dealkylation sites (tertiary alicyclic amines) is 1. The Labute approximate surface area is 223 Å². The van der Waals surface area contributed by atoms with Gasteiger partial charge in [0.25, 0.3) is 0 Å². The van der Waals surface area contributed by atoms with Crippen molar-refractivity contribution in [2.45, 2.75) is 67.7 Å². The molecule has 2 aromatic rings. The SMILES string of the molecule is COc1cccc(/C=C/C(=O)N(C)C2CC[C@@]3(O)[C@H]4Cc5ccc(O)c6c5[C@@]3(CCN4CC3CC3)[C@H]2O6)c1. The van der Waals surface area contributed by atoms with Crippen LogP contribution >= 0.6 is 0 Å². The molecule has 200 valence electrons. The van der Waals surface area contributed by atoms with Crippen molar-refractivity contribution in [2.75, 3.05) is 27.2 Å². The number of phenolic OH excluding ortho intramolecular Hbond substituents is 1. The number of methoxy groups -OCH3 is 1. The molecule has 2 saturated carbocycles. The van der Waals surface area contributed by atoms with E-state index in [2.05, 4.69) is 4.90 Å². The van der Waals surface area contributed by atoms with Crippen LogP contribution in [0, 0.1) is 5.92 Å². The van der Waals surface area contributed by atoms with Crippen LogP contribution in [0.5, 0.6) is 17.2 Å². The molecule has 2 aliphatic heterocycles. The fraction of sp³-hybridized carbons (Fsp3) is 0.516. The van der Waals surface area contributed by atoms with Gasteiger partial charge in [-0.3, -0.25) is 9.69 Å². The zero-order valence-electron chi connectivity index (χ0n) is 22.1. The summed E-state index contributed by atoms with van der Waals surface area (Å²) in [5, 5.41) is 23.5. The zero-order chi connectivity index (χ0) is 26.2. The van der Waals surface area contributed by atoms with Gasteiger partial charge in [0.15, 0.2) is 11.5 Å². The maximum atomic E-state index is 13.4. The first-order valence-corrected chi connectivity index (χ1v) is 13.9. The van der Waals surface area contributed by atoms with E-state index in [1.807, 2.05) is 37.4 Å². The highest BCUT2D eigenvalue weighted by atomic mass is 16.5. The number of benzene rings is 2. The largest absolute Gasteiger partial charge is 0.504 e. The highest BCUT2D eigenvalue weighted by molar-refractivity contribution is 5.92. The minimum Gasteiger partial charge on any atom is -0.504 e. The van der Waals surface area contributed by atoms with E-state index in [0.717, 1.165) is 48.7 Å². The first-order chi connectivity index (χ1) is 18.4. The van der Waals surface area contributed by atoms with Crippen molar-refractivity contribution >= 4 is 12.0 Å². The fourth-order valence-electron chi connectivity index (χ4n) is 8.05. The van der Waals surface area contributed by atoms with Crippen LogP contribution in [0.4, 0.5) is 0 Å². The minimum absolute atomic E-state index is 0.0286. The van der Waals surface area contributed by atoms with Gasteiger partial charge in [-0.25, -0.2) is 0 Å². The van der Waals surface area contributed by atoms with Crippen molar-refractivity contribution in [3.8, 4) is 17.2 Å². The van der Waals surface area contributed by atoms with E-state index in [9.17, 15) is 15.0 Å². The topological polar surface area (TPSA) is 82.5 Å². The first kappa shape index (κ1) is 24.0. The number of nitrogens with zero attached hydrogens (tertiary/aromatic N) is 2. The van der Waals surface area contributed by atoms with Crippen molar-refractivity contribution < 1.29 is 24.5 Å². The predicted molar refractivity (Wildman–Crippen MR) is 143 cm³/mol. The monoisotopic (exact) mass is 516 g/mol. The molecule has 0 radical (unpaired) electrons. The molecule has 7 heteroatoms. The van der Waals surface area contributed by atoms with Crippen molar-refractivity contribution in [3.63, 3.8) is 0 Å². The molecule has 2 N–H and O–H groups in total. The van der Waals surface area contributed by atoms with Gasteiger partial charge in [-0.2, -0.15) is 0 Å². The highest BCUT2D eigenvalue weighted by Crippen LogP contribution is 2.66. The van der Waals surface area contributed by atoms with Crippen LogP contribution < -0.4 is 9.47 Å². The van der Waals surface area contributed by atoms with E-state index in [4.69, 9.17) is 9.47 Å². The number of piperidine rings is 1. The Balaban J connectivity index is 1.23. The van der Waals surface area contributed by atoms with Gasteiger partial charge >= 0.3 is 0 Å². The van der Waals surface area contributed by atoms with E-state index in [1.165, 1.54) is 18.4 Å². The quantitative estimate of drug-likeness (QED) is 0.572. The molecule has 3 aliphatic carbocycles. The number of amides is 1. The summed E-state index contributed by atoms with van der Waals surface area (Å²) in [6, 6.07) is 11.2. The standard InChI is InChI=1S/C31H36N2O5/c1-32(26(35)11-8-19-4-3-5-22(16-19)37-2)23-12-13-31(36)25-17-21-9-10-24(34)28-27(21)30(31,29(23)38-28)14-15-33(25)18-20-6-7-20/h3-5,8-11,16,20,23,25,29,34,36H,6-7,12-15,17-18H2,1-2H3/b11-8+/t23?,25-,29+,30+,31-/m1/s1. The molecule has 7 rings (SSSR count). The molecule has 1 amide bonds. The third kappa shape index (κ3) is 3.31. The minimum atomic E-state index is -0.951. The second-order valence-corrected chi connectivity index (χ2v) is 12.0. The lowest BCUT2D eigenvalue weighted by Crippen LogP contribution is -2.78. The Kier molecular flexibility index (Phi) is 5.37. The lowest BCUT2D eigenvalue weighted by atomic mass is 9.48. The Morgan fingerprint density at radius 1 is 1.24 bits per heavy atom. The molecule has 2 aromatic carbocycles. The number of carbonyl (C=O) groups is 1. The molecule has 1 spiro atoms. The fourth-order valence-corrected chi connectivity index (χ4v) is 8.05. The van der Waals surface area contributed by atoms with Crippen LogP contribution in [-0.2, 0) is 16.6 Å². The molecule has 0 aromatic heterocycles. The van der Waals surface area contributed by atoms with Crippen LogP contribution in [0.1, 0.15) is 48.8 Å². The summed E-state index contributed by atoms with van der Waals surface area (Å²) in [5.74, 6) is 2.02. The Morgan fingerprint density at radius 2 is 2.08 bits per heavy atom. The molecule has 1 saturated heterocycles. The third-order valence-electron chi connectivity index (χ3n) is 10.1. The van der Waals surface area contributed by atoms with Crippen molar-refractivity contribution in [3.05, 3.63) is 59.2 Å². The van der Waals surface area contributed by atoms with E-state index in [-0.39, 0.29) is 23.7 Å². The van der Waals surface area contributed by atoms with Crippen LogP contribution in [0.15, 0.2) is 42.5 Å². The average Bonchev–Trinajstić information content (AvgIpc) is 3.67. The molecular weight excluding hydrogens is 480 g/mol. The van der Waals surface area contributed by atoms with E-state index in [0.29, 0.717) is 18.6 Å². The highest BCUT2D eigenvalue weighted by Gasteiger charge is 2.73. The summed E-state index contributed by atoms with van der Waals surface area (Å²) < 4.78 is 11.9. The molecule has 5 aliphatic rings. The van der Waals surface area contributed by atoms with Gasteiger partial charge in [-0.1, -0.05) is 18.2 Å². The average molecular weight is 517 g/mol. The number of hydrogen-bond acceptors (Lipinski definition) is 6. The molecule has 38 heavy (non-hydrogen) atoms. The lowest BCUT2D eigenvalue weighted by Gasteiger charge is -2.64. The summed E-state index contributed by atoms with van der Waals surface area (Å²) in [5.41, 5.74) is 1.47. The number of carbonyl (C=O) groups excluding carboxylic acids is 1. The second-order valence-electron chi connectivity index (χ2n) is 12.0. The van der Waals surface area contributed by atoms with Crippen molar-refractivity contribution in [2.24, 2.45) is 5.92 Å². The van der Waals surface area contributed by atoms with E-state index < -0.39 is 17.1 Å². The Morgan fingerprint density at radius 3 is 2.87 bits per heavy atom. The number of phenols is 1. The summed E-state index contributed by atoms with van der Waals surface area (Å²) in [6.07, 6.45) is 8.35. The Hall–Kier alpha value is -3.03. The molecule has 1 unspecified atom stereocenters. The molecule has 7 nitrogen and oxygen atoms in total. The summed E-state index contributed by atoms with van der Waals surface area (Å²) >= 11 is 0. The van der Waals surface area contributed by atoms with Gasteiger partial charge < -0.3 is 24.6 Å². The molecular formula is C31H36N2O5. The van der Waals surface area contributed by atoms with Crippen LogP contribution in [0.2, 0.25) is 0 Å².